The largest absolute Gasteiger partial charge is 0.455 e. The van der Waals surface area contributed by atoms with Crippen LogP contribution in [0.4, 0.5) is 0 Å². The number of furan rings is 1. The smallest absolute Gasteiger partial charge is 0.143 e. The monoisotopic (exact) mass is 536 g/mol. The quantitative estimate of drug-likeness (QED) is 0.225. The summed E-state index contributed by atoms with van der Waals surface area (Å²) in [6.45, 7) is 0. The highest BCUT2D eigenvalue weighted by Crippen LogP contribution is 2.40. The van der Waals surface area contributed by atoms with Crippen molar-refractivity contribution in [2.24, 2.45) is 0 Å². The minimum absolute atomic E-state index is 0.922. The molecule has 6 aromatic carbocycles. The molecule has 0 aliphatic heterocycles. The molecule has 3 nitrogen and oxygen atoms in total. The second-order valence-corrected chi connectivity index (χ2v) is 10.9. The number of hydrogen-bond donors (Lipinski definition) is 0. The van der Waals surface area contributed by atoms with Crippen molar-refractivity contribution >= 4 is 49.1 Å². The zero-order valence-electron chi connectivity index (χ0n) is 22.7. The fourth-order valence-electron chi connectivity index (χ4n) is 6.31. The molecule has 196 valence electrons. The van der Waals surface area contributed by atoms with Crippen molar-refractivity contribution in [1.82, 2.24) is 9.38 Å². The number of hydrogen-bond acceptors (Lipinski definition) is 2. The van der Waals surface area contributed by atoms with Crippen molar-refractivity contribution in [1.29, 1.82) is 0 Å². The molecule has 0 spiro atoms. The number of imidazole rings is 1. The lowest BCUT2D eigenvalue weighted by atomic mass is 9.93. The SMILES string of the molecule is c1cc(-c2ccc3cc(-c4cc5c6ccccc6oc5c5ccccc45)ccc3c2)cc(-c2cn3ccccc3n2)c1. The van der Waals surface area contributed by atoms with Crippen LogP contribution in [0, 0.1) is 0 Å². The first-order valence-electron chi connectivity index (χ1n) is 14.2. The van der Waals surface area contributed by atoms with Crippen LogP contribution in [0.3, 0.4) is 0 Å². The predicted octanol–water partition coefficient (Wildman–Crippen LogP) is 10.5. The molecule has 0 amide bonds. The summed E-state index contributed by atoms with van der Waals surface area (Å²) in [6.07, 6.45) is 4.12. The third-order valence-electron chi connectivity index (χ3n) is 8.39. The van der Waals surface area contributed by atoms with Crippen LogP contribution in [-0.4, -0.2) is 9.38 Å². The summed E-state index contributed by atoms with van der Waals surface area (Å²) in [5, 5.41) is 7.07. The Morgan fingerprint density at radius 2 is 1.21 bits per heavy atom. The number of fused-ring (bicyclic) bond motifs is 7. The lowest BCUT2D eigenvalue weighted by molar-refractivity contribution is 0.672. The Bertz CT molecular complexity index is 2450. The summed E-state index contributed by atoms with van der Waals surface area (Å²) in [5.74, 6) is 0. The van der Waals surface area contributed by atoms with Gasteiger partial charge in [0.15, 0.2) is 0 Å². The number of rotatable bonds is 3. The van der Waals surface area contributed by atoms with Gasteiger partial charge in [-0.15, -0.1) is 0 Å². The van der Waals surface area contributed by atoms with E-state index in [0.717, 1.165) is 44.2 Å². The van der Waals surface area contributed by atoms with E-state index in [1.54, 1.807) is 0 Å². The Hall–Kier alpha value is -5.67. The summed E-state index contributed by atoms with van der Waals surface area (Å²) < 4.78 is 8.39. The van der Waals surface area contributed by atoms with Gasteiger partial charge in [-0.25, -0.2) is 4.98 Å². The Morgan fingerprint density at radius 3 is 2.10 bits per heavy atom. The molecule has 0 saturated carbocycles. The number of nitrogens with zero attached hydrogens (tertiary/aromatic N) is 2. The lowest BCUT2D eigenvalue weighted by Crippen LogP contribution is -1.85. The van der Waals surface area contributed by atoms with E-state index in [-0.39, 0.29) is 0 Å². The van der Waals surface area contributed by atoms with E-state index >= 15 is 0 Å². The van der Waals surface area contributed by atoms with Crippen LogP contribution >= 0.6 is 0 Å². The lowest BCUT2D eigenvalue weighted by Gasteiger charge is -2.11. The maximum atomic E-state index is 6.33. The maximum Gasteiger partial charge on any atom is 0.143 e. The number of aromatic nitrogens is 2. The van der Waals surface area contributed by atoms with E-state index in [4.69, 9.17) is 9.40 Å². The van der Waals surface area contributed by atoms with Gasteiger partial charge < -0.3 is 8.82 Å². The van der Waals surface area contributed by atoms with Crippen LogP contribution < -0.4 is 0 Å². The molecular formula is C39H24N2O. The highest BCUT2D eigenvalue weighted by molar-refractivity contribution is 6.19. The van der Waals surface area contributed by atoms with E-state index in [1.807, 2.05) is 36.5 Å². The summed E-state index contributed by atoms with van der Waals surface area (Å²) in [7, 11) is 0. The number of benzene rings is 6. The van der Waals surface area contributed by atoms with Gasteiger partial charge in [0.05, 0.1) is 5.69 Å². The van der Waals surface area contributed by atoms with Crippen molar-refractivity contribution in [2.45, 2.75) is 0 Å². The van der Waals surface area contributed by atoms with Crippen molar-refractivity contribution in [3.8, 4) is 33.5 Å². The minimum atomic E-state index is 0.922. The fraction of sp³-hybridized carbons (Fsp3) is 0. The van der Waals surface area contributed by atoms with Gasteiger partial charge in [0.2, 0.25) is 0 Å². The molecule has 0 atom stereocenters. The standard InChI is InChI=1S/C39H24N2O/c1-2-12-33-31(10-1)34(23-35-32-11-3-4-13-37(32)42-39(33)35)29-18-17-27-20-26(15-16-28(27)21-29)25-8-7-9-30(22-25)36-24-41-19-6-5-14-38(41)40-36/h1-24H. The summed E-state index contributed by atoms with van der Waals surface area (Å²) in [6, 6.07) is 47.4. The fourth-order valence-corrected chi connectivity index (χ4v) is 6.31. The number of para-hydroxylation sites is 1. The van der Waals surface area contributed by atoms with Crippen molar-refractivity contribution in [3.63, 3.8) is 0 Å². The topological polar surface area (TPSA) is 30.4 Å². The Labute approximate surface area is 241 Å². The van der Waals surface area contributed by atoms with Gasteiger partial charge in [-0.05, 0) is 80.9 Å². The van der Waals surface area contributed by atoms with E-state index in [1.165, 1.54) is 38.4 Å². The molecule has 42 heavy (non-hydrogen) atoms. The zero-order valence-corrected chi connectivity index (χ0v) is 22.7. The third-order valence-corrected chi connectivity index (χ3v) is 8.39. The van der Waals surface area contributed by atoms with Crippen LogP contribution in [0.5, 0.6) is 0 Å². The van der Waals surface area contributed by atoms with Gasteiger partial charge in [-0.3, -0.25) is 0 Å². The van der Waals surface area contributed by atoms with Crippen LogP contribution in [-0.2, 0) is 0 Å². The normalized spacial score (nSPS) is 11.8. The molecule has 0 bridgehead atoms. The molecule has 3 heterocycles. The van der Waals surface area contributed by atoms with E-state index in [2.05, 4.69) is 114 Å². The van der Waals surface area contributed by atoms with Crippen LogP contribution in [0.25, 0.3) is 82.6 Å². The molecule has 3 aromatic heterocycles. The highest BCUT2D eigenvalue weighted by Gasteiger charge is 2.15. The second-order valence-electron chi connectivity index (χ2n) is 10.9. The summed E-state index contributed by atoms with van der Waals surface area (Å²) >= 11 is 0. The van der Waals surface area contributed by atoms with E-state index in [0.29, 0.717) is 0 Å². The molecular weight excluding hydrogens is 512 g/mol. The van der Waals surface area contributed by atoms with Gasteiger partial charge in [0.1, 0.15) is 16.8 Å². The number of pyridine rings is 1. The third kappa shape index (κ3) is 3.57. The molecule has 0 N–H and O–H groups in total. The van der Waals surface area contributed by atoms with Crippen molar-refractivity contribution in [2.75, 3.05) is 0 Å². The molecule has 3 heteroatoms. The zero-order chi connectivity index (χ0) is 27.6. The van der Waals surface area contributed by atoms with Gasteiger partial charge in [0.25, 0.3) is 0 Å². The first kappa shape index (κ1) is 23.1. The van der Waals surface area contributed by atoms with Crippen LogP contribution in [0.1, 0.15) is 0 Å². The van der Waals surface area contributed by atoms with Crippen molar-refractivity contribution in [3.05, 3.63) is 146 Å². The van der Waals surface area contributed by atoms with Gasteiger partial charge >= 0.3 is 0 Å². The van der Waals surface area contributed by atoms with E-state index < -0.39 is 0 Å². The first-order valence-corrected chi connectivity index (χ1v) is 14.2. The minimum Gasteiger partial charge on any atom is -0.455 e. The molecule has 0 aliphatic rings. The average molecular weight is 537 g/mol. The first-order chi connectivity index (χ1) is 20.8. The maximum absolute atomic E-state index is 6.33. The average Bonchev–Trinajstić information content (AvgIpc) is 3.66. The summed E-state index contributed by atoms with van der Waals surface area (Å²) in [4.78, 5) is 4.82. The second kappa shape index (κ2) is 8.92. The molecule has 0 aliphatic carbocycles. The predicted molar refractivity (Wildman–Crippen MR) is 174 cm³/mol. The van der Waals surface area contributed by atoms with Crippen LogP contribution in [0.15, 0.2) is 150 Å². The Morgan fingerprint density at radius 1 is 0.500 bits per heavy atom. The highest BCUT2D eigenvalue weighted by atomic mass is 16.3. The van der Waals surface area contributed by atoms with Gasteiger partial charge in [-0.1, -0.05) is 91.0 Å². The Balaban J connectivity index is 1.14. The van der Waals surface area contributed by atoms with Crippen molar-refractivity contribution < 1.29 is 4.42 Å². The van der Waals surface area contributed by atoms with Gasteiger partial charge in [-0.2, -0.15) is 0 Å². The molecule has 0 fully saturated rings. The van der Waals surface area contributed by atoms with Crippen LogP contribution in [0.2, 0.25) is 0 Å². The Kier molecular flexibility index (Phi) is 4.90. The summed E-state index contributed by atoms with van der Waals surface area (Å²) in [5.41, 5.74) is 9.70. The molecule has 0 radical (unpaired) electrons. The van der Waals surface area contributed by atoms with Gasteiger partial charge in [0, 0.05) is 34.1 Å². The molecule has 9 aromatic rings. The molecule has 9 rings (SSSR count). The molecule has 0 saturated heterocycles. The molecule has 0 unspecified atom stereocenters. The van der Waals surface area contributed by atoms with E-state index in [9.17, 15) is 0 Å².